The number of carboxylic acid groups (broad SMARTS) is 2. The molecule has 0 heterocycles. The van der Waals surface area contributed by atoms with Crippen molar-refractivity contribution in [1.29, 1.82) is 0 Å². The molecule has 8 N–H and O–H groups in total. The molecule has 0 rings (SSSR count). The predicted molar refractivity (Wildman–Crippen MR) is 315 cm³/mol. The van der Waals surface area contributed by atoms with Gasteiger partial charge < -0.3 is 74.9 Å². The van der Waals surface area contributed by atoms with Gasteiger partial charge in [0.15, 0.2) is 0 Å². The van der Waals surface area contributed by atoms with E-state index in [2.05, 4.69) is 15.4 Å². The lowest BCUT2D eigenvalue weighted by Gasteiger charge is -2.20. The molecular formula is C52H100Cl2N4O21S2. The molecule has 2 amide bonds. The zero-order valence-electron chi connectivity index (χ0n) is 50.7. The molecule has 0 radical (unpaired) electrons. The number of esters is 2. The highest BCUT2D eigenvalue weighted by Crippen LogP contribution is 2.13. The van der Waals surface area contributed by atoms with Crippen LogP contribution in [0, 0.1) is 0 Å². The van der Waals surface area contributed by atoms with E-state index in [0.717, 1.165) is 87.7 Å². The van der Waals surface area contributed by atoms with Gasteiger partial charge in [-0.05, 0) is 184 Å². The normalized spacial score (nSPS) is 11.2. The number of hydrogen-bond acceptors (Lipinski definition) is 23. The van der Waals surface area contributed by atoms with Crippen LogP contribution in [-0.4, -0.2) is 143 Å². The summed E-state index contributed by atoms with van der Waals surface area (Å²) in [6.45, 7) is 26.2. The summed E-state index contributed by atoms with van der Waals surface area (Å²) in [5, 5.41) is 20.9. The van der Waals surface area contributed by atoms with E-state index in [1.165, 1.54) is 13.8 Å². The summed E-state index contributed by atoms with van der Waals surface area (Å²) < 4.78 is 43.3. The monoisotopic (exact) mass is 1250 g/mol. The third-order valence-electron chi connectivity index (χ3n) is 8.04. The Morgan fingerprint density at radius 3 is 0.938 bits per heavy atom. The Morgan fingerprint density at radius 1 is 0.420 bits per heavy atom. The average Bonchev–Trinajstić information content (AvgIpc) is 3.27. The fraction of sp³-hybridized carbons (Fsp3) is 0.808. The van der Waals surface area contributed by atoms with Crippen LogP contribution in [0.4, 0.5) is 28.8 Å². The smallest absolute Gasteiger partial charge is 0.481 e. The second-order valence-corrected chi connectivity index (χ2v) is 22.2. The molecule has 0 spiro atoms. The maximum Gasteiger partial charge on any atom is 0.519 e. The fourth-order valence-electron chi connectivity index (χ4n) is 4.86. The van der Waals surface area contributed by atoms with Crippen LogP contribution in [-0.2, 0) is 61.8 Å². The van der Waals surface area contributed by atoms with Gasteiger partial charge in [0.25, 0.3) is 0 Å². The molecule has 0 aromatic carbocycles. The minimum atomic E-state index is -1.06. The van der Waals surface area contributed by atoms with E-state index < -0.39 is 88.0 Å². The first-order valence-corrected chi connectivity index (χ1v) is 28.6. The first kappa shape index (κ1) is 90.1. The molecule has 0 fully saturated rings. The van der Waals surface area contributed by atoms with Crippen LogP contribution < -0.4 is 22.1 Å². The van der Waals surface area contributed by atoms with Gasteiger partial charge in [0, 0.05) is 52.6 Å². The molecule has 2 unspecified atom stereocenters. The molecule has 0 aromatic rings. The van der Waals surface area contributed by atoms with Crippen LogP contribution >= 0.6 is 48.3 Å². The van der Waals surface area contributed by atoms with Crippen molar-refractivity contribution in [2.75, 3.05) is 38.7 Å². The molecule has 81 heavy (non-hydrogen) atoms. The first-order chi connectivity index (χ1) is 36.3. The lowest BCUT2D eigenvalue weighted by atomic mass is 10.2. The van der Waals surface area contributed by atoms with Crippen molar-refractivity contribution in [3.63, 3.8) is 0 Å². The topological polar surface area (TPSA) is 370 Å². The van der Waals surface area contributed by atoms with Crippen molar-refractivity contribution in [3.8, 4) is 0 Å². The zero-order valence-corrected chi connectivity index (χ0v) is 54.0. The summed E-state index contributed by atoms with van der Waals surface area (Å²) in [5.41, 5.74) is 8.14. The van der Waals surface area contributed by atoms with E-state index >= 15 is 0 Å². The molecule has 0 aromatic heterocycles. The van der Waals surface area contributed by atoms with Gasteiger partial charge in [-0.15, -0.1) is 24.8 Å². The number of carbonyl (C=O) groups is 10. The number of amides is 2. The van der Waals surface area contributed by atoms with Crippen LogP contribution in [0.1, 0.15) is 200 Å². The Hall–Kier alpha value is -4.70. The Kier molecular flexibility index (Phi) is 59.3. The minimum Gasteiger partial charge on any atom is -0.481 e. The van der Waals surface area contributed by atoms with Crippen LogP contribution in [0.5, 0.6) is 0 Å². The zero-order chi connectivity index (χ0) is 62.3. The number of thioether (sulfide) groups is 2. The number of alkyl carbamates (subject to hydrolysis) is 2. The van der Waals surface area contributed by atoms with Gasteiger partial charge in [-0.25, -0.2) is 28.8 Å². The summed E-state index contributed by atoms with van der Waals surface area (Å²) in [7, 11) is 0. The number of rotatable bonds is 26. The number of halogens is 2. The second-order valence-electron chi connectivity index (χ2n) is 20.8. The minimum absolute atomic E-state index is 0. The predicted octanol–water partition coefficient (Wildman–Crippen LogP) is 11.8. The van der Waals surface area contributed by atoms with Crippen molar-refractivity contribution < 1.29 is 101 Å². The molecular weight excluding hydrogens is 1150 g/mol. The Morgan fingerprint density at radius 2 is 0.691 bits per heavy atom. The van der Waals surface area contributed by atoms with Crippen molar-refractivity contribution in [2.45, 2.75) is 235 Å². The van der Waals surface area contributed by atoms with Gasteiger partial charge in [-0.2, -0.15) is 0 Å². The SMILES string of the molecule is CC(C)(C)OC(=O)NCCCCCC(=O)O.CC(C)(C)OC(=O)OC(=O)OC(C)(C)C.CSC(=O)OC(C)OC(=O)CCCCCN.CSC(=O)OC(C)OC(=O)CCCCCNC(=O)OC(C)(C)C.Cl.Cl.NCCCCCC(=O)O. The maximum absolute atomic E-state index is 11.5. The molecule has 25 nitrogen and oxygen atoms in total. The molecule has 480 valence electrons. The number of hydrogen-bond donors (Lipinski definition) is 6. The highest BCUT2D eigenvalue weighted by molar-refractivity contribution is 8.12. The quantitative estimate of drug-likeness (QED) is 0.0154. The Bertz CT molecular complexity index is 1720. The molecule has 0 bridgehead atoms. The maximum atomic E-state index is 11.5. The summed E-state index contributed by atoms with van der Waals surface area (Å²) in [4.78, 5) is 109. The average molecular weight is 1250 g/mol. The molecule has 0 aliphatic rings. The number of unbranched alkanes of at least 4 members (excludes halogenated alkanes) is 8. The molecule has 2 atom stereocenters. The van der Waals surface area contributed by atoms with E-state index in [9.17, 15) is 47.9 Å². The van der Waals surface area contributed by atoms with Crippen molar-refractivity contribution >= 4 is 107 Å². The van der Waals surface area contributed by atoms with E-state index in [-0.39, 0.29) is 50.0 Å². The van der Waals surface area contributed by atoms with Crippen molar-refractivity contribution in [3.05, 3.63) is 0 Å². The fourth-order valence-corrected chi connectivity index (χ4v) is 5.32. The van der Waals surface area contributed by atoms with E-state index in [1.54, 1.807) is 95.6 Å². The third kappa shape index (κ3) is 84.2. The van der Waals surface area contributed by atoms with E-state index in [1.807, 2.05) is 0 Å². The van der Waals surface area contributed by atoms with Gasteiger partial charge in [0.1, 0.15) is 22.4 Å². The largest absolute Gasteiger partial charge is 0.519 e. The molecule has 0 saturated carbocycles. The summed E-state index contributed by atoms with van der Waals surface area (Å²) in [5.74, 6) is -2.25. The Balaban J connectivity index is -0.000000172. The van der Waals surface area contributed by atoms with Gasteiger partial charge in [0.2, 0.25) is 12.6 Å². The molecule has 0 saturated heterocycles. The number of nitrogens with two attached hydrogens (primary N) is 2. The van der Waals surface area contributed by atoms with E-state index in [4.69, 9.17) is 59.6 Å². The van der Waals surface area contributed by atoms with Crippen molar-refractivity contribution in [1.82, 2.24) is 10.6 Å². The molecule has 29 heteroatoms. The number of aliphatic carboxylic acids is 2. The van der Waals surface area contributed by atoms with Crippen LogP contribution in [0.2, 0.25) is 0 Å². The summed E-state index contributed by atoms with van der Waals surface area (Å²) in [6, 6.07) is 0. The van der Waals surface area contributed by atoms with Gasteiger partial charge in [0.05, 0.1) is 0 Å². The number of carbonyl (C=O) groups excluding carboxylic acids is 8. The summed E-state index contributed by atoms with van der Waals surface area (Å²) in [6.07, 6.45) is 9.09. The van der Waals surface area contributed by atoms with Crippen LogP contribution in [0.15, 0.2) is 0 Å². The van der Waals surface area contributed by atoms with Gasteiger partial charge in [-0.1, -0.05) is 25.7 Å². The lowest BCUT2D eigenvalue weighted by Crippen LogP contribution is -2.33. The van der Waals surface area contributed by atoms with Gasteiger partial charge >= 0.3 is 59.0 Å². The van der Waals surface area contributed by atoms with Crippen molar-refractivity contribution in [2.24, 2.45) is 11.5 Å². The second kappa shape index (κ2) is 53.3. The summed E-state index contributed by atoms with van der Waals surface area (Å²) >= 11 is 1.85. The van der Waals surface area contributed by atoms with Crippen LogP contribution in [0.3, 0.4) is 0 Å². The lowest BCUT2D eigenvalue weighted by molar-refractivity contribution is -0.165. The van der Waals surface area contributed by atoms with Gasteiger partial charge in [-0.3, -0.25) is 19.2 Å². The highest BCUT2D eigenvalue weighted by Gasteiger charge is 2.25. The number of nitrogens with one attached hydrogen (secondary N) is 2. The number of ether oxygens (including phenoxy) is 9. The standard InChI is InChI=1S/C15H27NO6S.C11H21NO4.C10H19NO4S.C10H18O5.C6H13NO2.2ClH/c1-11(21-14(19)23-5)20-12(17)9-7-6-8-10-16-13(18)22-15(2,3)4;1-11(2,3)16-10(15)12-8-6-4-5-7-9(13)14;1-8(15-10(13)16-2)14-9(12)6-4-3-5-7-11;1-9(2,3)14-7(11)13-8(12)15-10(4,5)6;7-5-3-1-2-4-6(8)9;;/h11H,6-10H2,1-5H3,(H,16,18);4-8H2,1-3H3,(H,12,15)(H,13,14);8H,3-7,11H2,1-2H3;1-6H3;1-5,7H2,(H,8,9);2*1H. The molecule has 0 aliphatic heterocycles. The highest BCUT2D eigenvalue weighted by atomic mass is 35.5. The Labute approximate surface area is 501 Å². The third-order valence-corrected chi connectivity index (χ3v) is 8.90. The number of carboxylic acids is 2. The van der Waals surface area contributed by atoms with Crippen LogP contribution in [0.25, 0.3) is 0 Å². The molecule has 0 aliphatic carbocycles. The van der Waals surface area contributed by atoms with E-state index in [0.29, 0.717) is 45.4 Å². The first-order valence-electron chi connectivity index (χ1n) is 26.1.